The number of allylic oxidation sites excluding steroid dienone is 2. The average Bonchev–Trinajstić information content (AvgIpc) is 3.29. The van der Waals surface area contributed by atoms with Crippen LogP contribution in [0.4, 0.5) is 0 Å². The van der Waals surface area contributed by atoms with E-state index >= 15 is 0 Å². The van der Waals surface area contributed by atoms with E-state index in [0.29, 0.717) is 18.9 Å². The molecule has 160 valence electrons. The van der Waals surface area contributed by atoms with Crippen LogP contribution in [0.1, 0.15) is 64.7 Å². The van der Waals surface area contributed by atoms with Gasteiger partial charge in [-0.05, 0) is 25.7 Å². The lowest BCUT2D eigenvalue weighted by Gasteiger charge is -2.27. The summed E-state index contributed by atoms with van der Waals surface area (Å²) in [7, 11) is 0. The second kappa shape index (κ2) is 13.1. The van der Waals surface area contributed by atoms with Gasteiger partial charge in [-0.15, -0.1) is 0 Å². The maximum atomic E-state index is 11.5. The molecule has 1 aliphatic heterocycles. The molecule has 28 heavy (non-hydrogen) atoms. The summed E-state index contributed by atoms with van der Waals surface area (Å²) in [5.74, 6) is 0.652. The first kappa shape index (κ1) is 23.1. The lowest BCUT2D eigenvalue weighted by Crippen LogP contribution is -2.28. The van der Waals surface area contributed by atoms with Crippen LogP contribution in [-0.4, -0.2) is 47.6 Å². The highest BCUT2D eigenvalue weighted by Gasteiger charge is 2.49. The molecule has 2 rings (SSSR count). The molecule has 2 bridgehead atoms. The highest BCUT2D eigenvalue weighted by molar-refractivity contribution is 5.75. The van der Waals surface area contributed by atoms with Crippen LogP contribution in [0.5, 0.6) is 0 Å². The van der Waals surface area contributed by atoms with Crippen molar-refractivity contribution in [3.8, 4) is 0 Å². The molecule has 5 atom stereocenters. The van der Waals surface area contributed by atoms with Crippen LogP contribution in [-0.2, 0) is 14.6 Å². The fourth-order valence-corrected chi connectivity index (χ4v) is 4.01. The first-order valence-electron chi connectivity index (χ1n) is 10.9. The molecular weight excluding hydrogens is 358 g/mol. The molecule has 6 nitrogen and oxygen atoms in total. The molecule has 1 amide bonds. The normalized spacial score (nSPS) is 27.8. The van der Waals surface area contributed by atoms with Gasteiger partial charge in [-0.1, -0.05) is 50.5 Å². The minimum Gasteiger partial charge on any atom is -0.395 e. The van der Waals surface area contributed by atoms with Crippen molar-refractivity contribution in [3.63, 3.8) is 0 Å². The standard InChI is InChI=1S/C22H37NO5/c1-2-3-6-9-17(25)12-13-19-18(20-16-21(19)28-27-20)10-7-4-5-8-11-22(26)23-14-15-24/h4,7,12-13,17-21,24-25H,2-3,5-6,8-11,14-16H2,1H3,(H,23,26)/b7-4-,13-12+/t17-,18+,19+,20?,21?/m0/s1. The number of carbonyl (C=O) groups excluding carboxylic acids is 1. The fourth-order valence-electron chi connectivity index (χ4n) is 4.01. The van der Waals surface area contributed by atoms with Crippen molar-refractivity contribution in [2.75, 3.05) is 13.2 Å². The predicted octanol–water partition coefficient (Wildman–Crippen LogP) is 3.04. The quantitative estimate of drug-likeness (QED) is 0.239. The monoisotopic (exact) mass is 395 g/mol. The summed E-state index contributed by atoms with van der Waals surface area (Å²) in [5, 5.41) is 21.5. The van der Waals surface area contributed by atoms with E-state index in [-0.39, 0.29) is 36.7 Å². The van der Waals surface area contributed by atoms with Gasteiger partial charge in [0, 0.05) is 31.2 Å². The maximum absolute atomic E-state index is 11.5. The smallest absolute Gasteiger partial charge is 0.220 e. The first-order valence-corrected chi connectivity index (χ1v) is 10.9. The summed E-state index contributed by atoms with van der Waals surface area (Å²) in [6.45, 7) is 2.47. The lowest BCUT2D eigenvalue weighted by molar-refractivity contribution is -0.336. The molecule has 2 fully saturated rings. The Morgan fingerprint density at radius 2 is 2.04 bits per heavy atom. The second-order valence-electron chi connectivity index (χ2n) is 7.87. The van der Waals surface area contributed by atoms with Gasteiger partial charge in [0.1, 0.15) is 6.10 Å². The van der Waals surface area contributed by atoms with E-state index in [9.17, 15) is 9.90 Å². The van der Waals surface area contributed by atoms with Crippen LogP contribution in [0.3, 0.4) is 0 Å². The summed E-state index contributed by atoms with van der Waals surface area (Å²) < 4.78 is 0. The number of fused-ring (bicyclic) bond motifs is 2. The van der Waals surface area contributed by atoms with Crippen molar-refractivity contribution in [3.05, 3.63) is 24.3 Å². The van der Waals surface area contributed by atoms with Gasteiger partial charge >= 0.3 is 0 Å². The molecule has 1 aliphatic carbocycles. The van der Waals surface area contributed by atoms with E-state index in [1.54, 1.807) is 0 Å². The van der Waals surface area contributed by atoms with Crippen molar-refractivity contribution < 1.29 is 24.8 Å². The Morgan fingerprint density at radius 1 is 1.21 bits per heavy atom. The van der Waals surface area contributed by atoms with Gasteiger partial charge in [0.25, 0.3) is 0 Å². The number of aliphatic hydroxyl groups excluding tert-OH is 2. The molecule has 3 N–H and O–H groups in total. The molecular formula is C22H37NO5. The molecule has 1 saturated heterocycles. The highest BCUT2D eigenvalue weighted by Crippen LogP contribution is 2.44. The molecule has 0 aromatic rings. The third kappa shape index (κ3) is 7.66. The number of carbonyl (C=O) groups is 1. The zero-order valence-electron chi connectivity index (χ0n) is 17.1. The Morgan fingerprint density at radius 3 is 2.82 bits per heavy atom. The van der Waals surface area contributed by atoms with Gasteiger partial charge in [-0.2, -0.15) is 0 Å². The third-order valence-electron chi connectivity index (χ3n) is 5.61. The predicted molar refractivity (Wildman–Crippen MR) is 108 cm³/mol. The van der Waals surface area contributed by atoms with E-state index in [1.807, 2.05) is 6.08 Å². The van der Waals surface area contributed by atoms with Crippen molar-refractivity contribution in [2.24, 2.45) is 11.8 Å². The minimum absolute atomic E-state index is 0.0104. The van der Waals surface area contributed by atoms with Gasteiger partial charge in [0.05, 0.1) is 18.8 Å². The van der Waals surface area contributed by atoms with Gasteiger partial charge in [0.15, 0.2) is 0 Å². The van der Waals surface area contributed by atoms with Gasteiger partial charge < -0.3 is 15.5 Å². The van der Waals surface area contributed by atoms with Crippen molar-refractivity contribution in [1.29, 1.82) is 0 Å². The maximum Gasteiger partial charge on any atom is 0.220 e. The minimum atomic E-state index is -0.375. The second-order valence-corrected chi connectivity index (χ2v) is 7.87. The summed E-state index contributed by atoms with van der Waals surface area (Å²) >= 11 is 0. The van der Waals surface area contributed by atoms with Crippen molar-refractivity contribution in [1.82, 2.24) is 5.32 Å². The van der Waals surface area contributed by atoms with Crippen molar-refractivity contribution in [2.45, 2.75) is 83.0 Å². The summed E-state index contributed by atoms with van der Waals surface area (Å²) in [6, 6.07) is 0. The molecule has 0 spiro atoms. The van der Waals surface area contributed by atoms with Gasteiger partial charge in [-0.3, -0.25) is 4.79 Å². The summed E-state index contributed by atoms with van der Waals surface area (Å²) in [6.07, 6.45) is 16.4. The zero-order chi connectivity index (χ0) is 20.2. The Bertz CT molecular complexity index is 507. The SMILES string of the molecule is CCCCC[C@H](O)/C=C/[C@H]1C2CC(OO2)[C@@H]1C/C=C\CCCC(=O)NCCO. The van der Waals surface area contributed by atoms with Crippen LogP contribution in [0.2, 0.25) is 0 Å². The summed E-state index contributed by atoms with van der Waals surface area (Å²) in [5.41, 5.74) is 0. The molecule has 0 radical (unpaired) electrons. The topological polar surface area (TPSA) is 88.0 Å². The Kier molecular flexibility index (Phi) is 10.8. The Hall–Kier alpha value is -1.21. The summed E-state index contributed by atoms with van der Waals surface area (Å²) in [4.78, 5) is 22.3. The highest BCUT2D eigenvalue weighted by atomic mass is 17.2. The first-order chi connectivity index (χ1) is 13.7. The lowest BCUT2D eigenvalue weighted by atomic mass is 9.89. The van der Waals surface area contributed by atoms with E-state index in [2.05, 4.69) is 30.5 Å². The van der Waals surface area contributed by atoms with E-state index in [0.717, 1.165) is 51.4 Å². The fraction of sp³-hybridized carbons (Fsp3) is 0.773. The average molecular weight is 396 g/mol. The van der Waals surface area contributed by atoms with Crippen LogP contribution >= 0.6 is 0 Å². The van der Waals surface area contributed by atoms with Crippen LogP contribution in [0, 0.1) is 11.8 Å². The Labute approximate surface area is 168 Å². The molecule has 2 aliphatic rings. The number of hydrogen-bond donors (Lipinski definition) is 3. The number of aliphatic hydroxyl groups is 2. The number of hydrogen-bond acceptors (Lipinski definition) is 5. The zero-order valence-corrected chi connectivity index (χ0v) is 17.1. The number of amides is 1. The van der Waals surface area contributed by atoms with E-state index < -0.39 is 0 Å². The van der Waals surface area contributed by atoms with Crippen LogP contribution < -0.4 is 5.32 Å². The number of nitrogens with one attached hydrogen (secondary N) is 1. The molecule has 0 aromatic carbocycles. The Balaban J connectivity index is 1.71. The van der Waals surface area contributed by atoms with E-state index in [1.165, 1.54) is 0 Å². The van der Waals surface area contributed by atoms with Crippen LogP contribution in [0.15, 0.2) is 24.3 Å². The molecule has 1 heterocycles. The number of rotatable bonds is 14. The molecule has 1 saturated carbocycles. The van der Waals surface area contributed by atoms with Crippen molar-refractivity contribution >= 4 is 5.91 Å². The van der Waals surface area contributed by atoms with Gasteiger partial charge in [-0.25, -0.2) is 9.78 Å². The van der Waals surface area contributed by atoms with Gasteiger partial charge in [0.2, 0.25) is 5.91 Å². The number of unbranched alkanes of at least 4 members (excludes halogenated alkanes) is 3. The molecule has 6 heteroatoms. The molecule has 0 aromatic heterocycles. The third-order valence-corrected chi connectivity index (χ3v) is 5.61. The largest absolute Gasteiger partial charge is 0.395 e. The molecule has 2 unspecified atom stereocenters. The van der Waals surface area contributed by atoms with Crippen LogP contribution in [0.25, 0.3) is 0 Å². The van der Waals surface area contributed by atoms with E-state index in [4.69, 9.17) is 14.9 Å².